The molecule has 5 nitrogen and oxygen atoms in total. The second kappa shape index (κ2) is 5.77. The monoisotopic (exact) mass is 284 g/mol. The largest absolute Gasteiger partial charge is 0.315 e. The molecule has 5 heteroatoms. The number of rotatable bonds is 4. The molecule has 0 aliphatic carbocycles. The van der Waals surface area contributed by atoms with E-state index < -0.39 is 0 Å². The summed E-state index contributed by atoms with van der Waals surface area (Å²) in [5.41, 5.74) is 2.04. The molecule has 0 spiro atoms. The summed E-state index contributed by atoms with van der Waals surface area (Å²) in [7, 11) is 0. The minimum absolute atomic E-state index is 0.136. The van der Waals surface area contributed by atoms with E-state index in [-0.39, 0.29) is 11.8 Å². The molecule has 110 valence electrons. The molecule has 0 amide bonds. The molecule has 1 unspecified atom stereocenters. The van der Waals surface area contributed by atoms with Gasteiger partial charge in [-0.15, -0.1) is 10.2 Å². The average molecular weight is 284 g/mol. The number of hydrogen-bond acceptors (Lipinski definition) is 4. The molecule has 21 heavy (non-hydrogen) atoms. The van der Waals surface area contributed by atoms with Gasteiger partial charge in [-0.1, -0.05) is 31.2 Å². The predicted molar refractivity (Wildman–Crippen MR) is 80.0 cm³/mol. The van der Waals surface area contributed by atoms with Gasteiger partial charge in [-0.2, -0.15) is 0 Å². The molecule has 1 atom stereocenters. The van der Waals surface area contributed by atoms with Gasteiger partial charge in [0.1, 0.15) is 12.2 Å². The summed E-state index contributed by atoms with van der Waals surface area (Å²) in [6.45, 7) is 6.46. The number of ketones is 1. The van der Waals surface area contributed by atoms with E-state index in [1.165, 1.54) is 5.56 Å². The van der Waals surface area contributed by atoms with Gasteiger partial charge in [-0.3, -0.25) is 9.69 Å². The molecule has 3 rings (SSSR count). The van der Waals surface area contributed by atoms with E-state index in [0.29, 0.717) is 6.54 Å². The first-order valence-corrected chi connectivity index (χ1v) is 7.43. The van der Waals surface area contributed by atoms with Crippen LogP contribution in [-0.4, -0.2) is 38.0 Å². The number of nitrogens with zero attached hydrogens (tertiary/aromatic N) is 4. The van der Waals surface area contributed by atoms with Gasteiger partial charge < -0.3 is 4.57 Å². The third kappa shape index (κ3) is 2.74. The first kappa shape index (κ1) is 13.9. The van der Waals surface area contributed by atoms with Crippen molar-refractivity contribution in [3.05, 3.63) is 47.5 Å². The molecule has 1 aliphatic rings. The molecule has 0 N–H and O–H groups in total. The molecule has 2 aromatic rings. The normalized spacial score (nSPS) is 16.5. The van der Waals surface area contributed by atoms with E-state index in [1.807, 2.05) is 35.8 Å². The molecule has 0 saturated heterocycles. The van der Waals surface area contributed by atoms with Crippen molar-refractivity contribution in [1.29, 1.82) is 0 Å². The third-order valence-electron chi connectivity index (χ3n) is 4.24. The summed E-state index contributed by atoms with van der Waals surface area (Å²) in [6.07, 6.45) is 2.74. The van der Waals surface area contributed by atoms with E-state index in [2.05, 4.69) is 22.0 Å². The molecule has 0 radical (unpaired) electrons. The Balaban J connectivity index is 1.72. The van der Waals surface area contributed by atoms with Crippen LogP contribution in [0.25, 0.3) is 0 Å². The Bertz CT molecular complexity index is 632. The lowest BCUT2D eigenvalue weighted by Crippen LogP contribution is -2.43. The van der Waals surface area contributed by atoms with E-state index in [1.54, 1.807) is 6.33 Å². The zero-order chi connectivity index (χ0) is 14.8. The van der Waals surface area contributed by atoms with Crippen molar-refractivity contribution in [3.63, 3.8) is 0 Å². The Morgan fingerprint density at radius 2 is 2.05 bits per heavy atom. The molecule has 1 aromatic carbocycles. The highest BCUT2D eigenvalue weighted by Gasteiger charge is 2.26. The Morgan fingerprint density at radius 3 is 2.76 bits per heavy atom. The van der Waals surface area contributed by atoms with Gasteiger partial charge in [0.2, 0.25) is 0 Å². The summed E-state index contributed by atoms with van der Waals surface area (Å²) < 4.78 is 2.05. The number of carbonyl (C=O) groups is 1. The maximum atomic E-state index is 12.6. The van der Waals surface area contributed by atoms with Crippen molar-refractivity contribution in [2.45, 2.75) is 39.4 Å². The van der Waals surface area contributed by atoms with Crippen molar-refractivity contribution in [1.82, 2.24) is 19.7 Å². The minimum atomic E-state index is -0.136. The Kier molecular flexibility index (Phi) is 3.84. The molecule has 0 bridgehead atoms. The van der Waals surface area contributed by atoms with E-state index >= 15 is 0 Å². The smallest absolute Gasteiger partial charge is 0.179 e. The van der Waals surface area contributed by atoms with Crippen LogP contribution in [0.1, 0.15) is 35.6 Å². The topological polar surface area (TPSA) is 51.0 Å². The van der Waals surface area contributed by atoms with Crippen molar-refractivity contribution in [2.24, 2.45) is 0 Å². The van der Waals surface area contributed by atoms with Crippen LogP contribution in [0.15, 0.2) is 30.6 Å². The Labute approximate surface area is 124 Å². The number of fused-ring (bicyclic) bond motifs is 1. The fraction of sp³-hybridized carbons (Fsp3) is 0.438. The summed E-state index contributed by atoms with van der Waals surface area (Å²) in [6, 6.07) is 7.80. The standard InChI is InChI=1S/C16H20N4O/c1-3-13-4-6-14(7-5-13)16(21)12(2)19-8-9-20-11-17-18-15(20)10-19/h4-7,11-12H,3,8-10H2,1-2H3. The highest BCUT2D eigenvalue weighted by molar-refractivity contribution is 5.99. The zero-order valence-corrected chi connectivity index (χ0v) is 12.5. The number of hydrogen-bond donors (Lipinski definition) is 0. The summed E-state index contributed by atoms with van der Waals surface area (Å²) in [5, 5.41) is 8.03. The second-order valence-electron chi connectivity index (χ2n) is 5.50. The van der Waals surface area contributed by atoms with Crippen LogP contribution >= 0.6 is 0 Å². The number of Topliss-reactive ketones (excluding diaryl/α,β-unsaturated/α-hetero) is 1. The van der Waals surface area contributed by atoms with Crippen LogP contribution in [0, 0.1) is 0 Å². The van der Waals surface area contributed by atoms with Gasteiger partial charge in [0, 0.05) is 18.7 Å². The minimum Gasteiger partial charge on any atom is -0.315 e. The molecule has 0 saturated carbocycles. The molecule has 1 aliphatic heterocycles. The van der Waals surface area contributed by atoms with Gasteiger partial charge in [0.25, 0.3) is 0 Å². The predicted octanol–water partition coefficient (Wildman–Crippen LogP) is 1.93. The van der Waals surface area contributed by atoms with Gasteiger partial charge in [0.05, 0.1) is 12.6 Å². The summed E-state index contributed by atoms with van der Waals surface area (Å²) >= 11 is 0. The van der Waals surface area contributed by atoms with Crippen LogP contribution in [0.4, 0.5) is 0 Å². The molecule has 1 aromatic heterocycles. The lowest BCUT2D eigenvalue weighted by Gasteiger charge is -2.31. The molecular formula is C16H20N4O. The highest BCUT2D eigenvalue weighted by Crippen LogP contribution is 2.16. The van der Waals surface area contributed by atoms with E-state index in [4.69, 9.17) is 0 Å². The van der Waals surface area contributed by atoms with Crippen molar-refractivity contribution >= 4 is 5.78 Å². The van der Waals surface area contributed by atoms with Gasteiger partial charge in [-0.25, -0.2) is 0 Å². The lowest BCUT2D eigenvalue weighted by atomic mass is 10.0. The fourth-order valence-electron chi connectivity index (χ4n) is 2.73. The molecular weight excluding hydrogens is 264 g/mol. The maximum absolute atomic E-state index is 12.6. The average Bonchev–Trinajstić information content (AvgIpc) is 3.01. The van der Waals surface area contributed by atoms with E-state index in [0.717, 1.165) is 30.9 Å². The van der Waals surface area contributed by atoms with E-state index in [9.17, 15) is 4.79 Å². The maximum Gasteiger partial charge on any atom is 0.179 e. The summed E-state index contributed by atoms with van der Waals surface area (Å²) in [4.78, 5) is 14.8. The number of aromatic nitrogens is 3. The zero-order valence-electron chi connectivity index (χ0n) is 12.5. The lowest BCUT2D eigenvalue weighted by molar-refractivity contribution is 0.0793. The van der Waals surface area contributed by atoms with Crippen molar-refractivity contribution in [3.8, 4) is 0 Å². The molecule has 0 fully saturated rings. The number of carbonyl (C=O) groups excluding carboxylic acids is 1. The summed E-state index contributed by atoms with van der Waals surface area (Å²) in [5.74, 6) is 1.10. The fourth-order valence-corrected chi connectivity index (χ4v) is 2.73. The Hall–Kier alpha value is -2.01. The van der Waals surface area contributed by atoms with Crippen LogP contribution in [0.2, 0.25) is 0 Å². The SMILES string of the molecule is CCc1ccc(C(=O)C(C)N2CCn3cnnc3C2)cc1. The van der Waals surface area contributed by atoms with Crippen molar-refractivity contribution < 1.29 is 4.79 Å². The first-order valence-electron chi connectivity index (χ1n) is 7.43. The van der Waals surface area contributed by atoms with Crippen molar-refractivity contribution in [2.75, 3.05) is 6.54 Å². The molecule has 2 heterocycles. The number of benzene rings is 1. The van der Waals surface area contributed by atoms with Crippen LogP contribution in [0.3, 0.4) is 0 Å². The van der Waals surface area contributed by atoms with Gasteiger partial charge >= 0.3 is 0 Å². The Morgan fingerprint density at radius 1 is 1.29 bits per heavy atom. The van der Waals surface area contributed by atoms with Gasteiger partial charge in [-0.05, 0) is 18.9 Å². The quantitative estimate of drug-likeness (QED) is 0.805. The van der Waals surface area contributed by atoms with Crippen LogP contribution < -0.4 is 0 Å². The highest BCUT2D eigenvalue weighted by atomic mass is 16.1. The second-order valence-corrected chi connectivity index (χ2v) is 5.50. The van der Waals surface area contributed by atoms with Crippen LogP contribution in [-0.2, 0) is 19.5 Å². The van der Waals surface area contributed by atoms with Gasteiger partial charge in [0.15, 0.2) is 5.78 Å². The number of aryl methyl sites for hydroxylation is 1. The third-order valence-corrected chi connectivity index (χ3v) is 4.24. The first-order chi connectivity index (χ1) is 10.2. The van der Waals surface area contributed by atoms with Crippen LogP contribution in [0.5, 0.6) is 0 Å².